The van der Waals surface area contributed by atoms with Crippen molar-refractivity contribution >= 4 is 27.8 Å². The van der Waals surface area contributed by atoms with Crippen LogP contribution < -0.4 is 10.5 Å². The molecular weight excluding hydrogens is 487 g/mol. The van der Waals surface area contributed by atoms with Crippen LogP contribution in [0, 0.1) is 6.92 Å². The predicted octanol–water partition coefficient (Wildman–Crippen LogP) is 3.84. The molecule has 0 bridgehead atoms. The second-order valence-corrected chi connectivity index (χ2v) is 9.79. The number of oxazole rings is 1. The van der Waals surface area contributed by atoms with Gasteiger partial charge < -0.3 is 28.9 Å². The zero-order valence-electron chi connectivity index (χ0n) is 21.6. The van der Waals surface area contributed by atoms with Crippen molar-refractivity contribution in [1.82, 2.24) is 24.0 Å². The summed E-state index contributed by atoms with van der Waals surface area (Å²) in [6.07, 6.45) is 2.38. The number of nitrogens with zero attached hydrogens (tertiary/aromatic N) is 5. The molecule has 1 atom stereocenters. The van der Waals surface area contributed by atoms with E-state index in [1.807, 2.05) is 48.9 Å². The van der Waals surface area contributed by atoms with Crippen molar-refractivity contribution in [2.45, 2.75) is 25.9 Å². The Morgan fingerprint density at radius 1 is 1.26 bits per heavy atom. The second-order valence-electron chi connectivity index (χ2n) is 9.79. The van der Waals surface area contributed by atoms with Gasteiger partial charge in [-0.25, -0.2) is 14.4 Å². The number of ether oxygens (including phenoxy) is 1. The number of carbonyl (C=O) groups excluding carboxylic acids is 1. The first-order valence-corrected chi connectivity index (χ1v) is 12.6. The van der Waals surface area contributed by atoms with Crippen molar-refractivity contribution in [3.8, 4) is 17.3 Å². The first-order valence-electron chi connectivity index (χ1n) is 12.6. The maximum atomic E-state index is 13.2. The van der Waals surface area contributed by atoms with Gasteiger partial charge in [0.2, 0.25) is 5.89 Å². The van der Waals surface area contributed by atoms with Gasteiger partial charge in [-0.15, -0.1) is 0 Å². The van der Waals surface area contributed by atoms with Gasteiger partial charge in [0.1, 0.15) is 18.2 Å². The lowest BCUT2D eigenvalue weighted by Gasteiger charge is -2.30. The lowest BCUT2D eigenvalue weighted by molar-refractivity contribution is 0.0725. The summed E-state index contributed by atoms with van der Waals surface area (Å²) < 4.78 is 28.6. The maximum Gasteiger partial charge on any atom is 0.254 e. The molecule has 3 aromatic heterocycles. The fraction of sp³-hybridized carbons (Fsp3) is 0.321. The van der Waals surface area contributed by atoms with Crippen LogP contribution in [0.25, 0.3) is 33.5 Å². The number of para-hydroxylation sites is 1. The van der Waals surface area contributed by atoms with E-state index in [1.165, 1.54) is 0 Å². The molecule has 0 fully saturated rings. The molecule has 38 heavy (non-hydrogen) atoms. The van der Waals surface area contributed by atoms with E-state index in [2.05, 4.69) is 15.6 Å². The van der Waals surface area contributed by atoms with Gasteiger partial charge in [-0.05, 0) is 43.2 Å². The maximum absolute atomic E-state index is 13.2. The van der Waals surface area contributed by atoms with Crippen molar-refractivity contribution in [3.05, 3.63) is 65.4 Å². The molecule has 1 aliphatic rings. The molecule has 0 saturated carbocycles. The van der Waals surface area contributed by atoms with E-state index in [1.54, 1.807) is 18.2 Å². The quantitative estimate of drug-likeness (QED) is 0.353. The zero-order chi connectivity index (χ0) is 26.6. The highest BCUT2D eigenvalue weighted by molar-refractivity contribution is 6.01. The Morgan fingerprint density at radius 3 is 2.84 bits per heavy atom. The Kier molecular flexibility index (Phi) is 5.91. The van der Waals surface area contributed by atoms with Gasteiger partial charge in [0.05, 0.1) is 48.1 Å². The van der Waals surface area contributed by atoms with Crippen LogP contribution in [0.3, 0.4) is 0 Å². The van der Waals surface area contributed by atoms with Crippen LogP contribution in [0.2, 0.25) is 0 Å². The Morgan fingerprint density at radius 2 is 2.11 bits per heavy atom. The number of hydrogen-bond donors (Lipinski definition) is 1. The molecule has 1 aliphatic heterocycles. The molecule has 2 aromatic carbocycles. The average molecular weight is 517 g/mol. The Bertz CT molecular complexity index is 1680. The molecular formula is C28H29FN6O3. The van der Waals surface area contributed by atoms with Crippen molar-refractivity contribution in [2.75, 3.05) is 26.9 Å². The fourth-order valence-corrected chi connectivity index (χ4v) is 5.36. The molecule has 2 N–H and O–H groups in total. The number of aromatic nitrogens is 4. The summed E-state index contributed by atoms with van der Waals surface area (Å²) in [6, 6.07) is 11.2. The zero-order valence-corrected chi connectivity index (χ0v) is 21.6. The van der Waals surface area contributed by atoms with E-state index in [0.29, 0.717) is 36.5 Å². The summed E-state index contributed by atoms with van der Waals surface area (Å²) in [4.78, 5) is 24.2. The predicted molar refractivity (Wildman–Crippen MR) is 142 cm³/mol. The molecule has 0 radical (unpaired) electrons. The molecule has 1 amide bonds. The number of hydrogen-bond acceptors (Lipinski definition) is 6. The largest absolute Gasteiger partial charge is 0.495 e. The third kappa shape index (κ3) is 3.92. The highest BCUT2D eigenvalue weighted by Crippen LogP contribution is 2.36. The van der Waals surface area contributed by atoms with Crippen molar-refractivity contribution in [3.63, 3.8) is 0 Å². The summed E-state index contributed by atoms with van der Waals surface area (Å²) in [7, 11) is 3.63. The molecule has 0 unspecified atom stereocenters. The normalized spacial score (nSPS) is 14.4. The number of methoxy groups -OCH3 is 1. The van der Waals surface area contributed by atoms with Crippen LogP contribution in [0.1, 0.15) is 27.6 Å². The lowest BCUT2D eigenvalue weighted by atomic mass is 9.97. The number of benzene rings is 2. The average Bonchev–Trinajstić information content (AvgIpc) is 3.60. The van der Waals surface area contributed by atoms with Crippen LogP contribution in [0.4, 0.5) is 4.39 Å². The van der Waals surface area contributed by atoms with Gasteiger partial charge in [-0.2, -0.15) is 0 Å². The fourth-order valence-electron chi connectivity index (χ4n) is 5.36. The van der Waals surface area contributed by atoms with Crippen LogP contribution in [-0.2, 0) is 20.0 Å². The summed E-state index contributed by atoms with van der Waals surface area (Å²) in [6.45, 7) is 2.31. The van der Waals surface area contributed by atoms with Crippen molar-refractivity contribution < 1.29 is 18.3 Å². The molecule has 0 spiro atoms. The number of aryl methyl sites for hydroxylation is 2. The van der Waals surface area contributed by atoms with Crippen LogP contribution in [0.5, 0.6) is 5.75 Å². The summed E-state index contributed by atoms with van der Waals surface area (Å²) in [5, 5.41) is 1.00. The van der Waals surface area contributed by atoms with Crippen molar-refractivity contribution in [2.24, 2.45) is 12.8 Å². The Hall–Kier alpha value is -4.18. The molecule has 0 saturated heterocycles. The molecule has 10 heteroatoms. The highest BCUT2D eigenvalue weighted by Gasteiger charge is 2.28. The van der Waals surface area contributed by atoms with E-state index >= 15 is 0 Å². The topological polar surface area (TPSA) is 104 Å². The standard InChI is InChI=1S/C28H29FN6O3/c1-16-13-31-25(38-16)15-35-23(10-18-5-4-6-24(37-3)26(18)35)27-32-21-11-20-17(9-22(21)33(27)2)7-8-34(28(20)36)14-19(30)12-29/h4-6,9-11,13,19H,7-8,12,14-15,30H2,1-3H3/t19-/m1/s1. The van der Waals surface area contributed by atoms with Gasteiger partial charge >= 0.3 is 0 Å². The minimum absolute atomic E-state index is 0.137. The van der Waals surface area contributed by atoms with Crippen LogP contribution in [-0.4, -0.2) is 62.8 Å². The summed E-state index contributed by atoms with van der Waals surface area (Å²) in [5.74, 6) is 2.67. The number of nitrogens with two attached hydrogens (primary N) is 1. The van der Waals surface area contributed by atoms with E-state index in [4.69, 9.17) is 19.9 Å². The molecule has 196 valence electrons. The summed E-state index contributed by atoms with van der Waals surface area (Å²) in [5.41, 5.74) is 10.8. The first kappa shape index (κ1) is 24.2. The minimum atomic E-state index is -0.683. The first-order chi connectivity index (χ1) is 18.4. The van der Waals surface area contributed by atoms with Gasteiger partial charge in [-0.1, -0.05) is 12.1 Å². The number of carbonyl (C=O) groups is 1. The Labute approximate surface area is 218 Å². The number of rotatable bonds is 7. The van der Waals surface area contributed by atoms with E-state index in [0.717, 1.165) is 45.0 Å². The third-order valence-corrected chi connectivity index (χ3v) is 7.22. The van der Waals surface area contributed by atoms with Crippen LogP contribution in [0.15, 0.2) is 47.0 Å². The van der Waals surface area contributed by atoms with E-state index < -0.39 is 12.7 Å². The van der Waals surface area contributed by atoms with Gasteiger partial charge in [-0.3, -0.25) is 4.79 Å². The molecule has 0 aliphatic carbocycles. The summed E-state index contributed by atoms with van der Waals surface area (Å²) >= 11 is 0. The second kappa shape index (κ2) is 9.29. The number of imidazole rings is 1. The molecule has 6 rings (SSSR count). The third-order valence-electron chi connectivity index (χ3n) is 7.22. The van der Waals surface area contributed by atoms with E-state index in [9.17, 15) is 9.18 Å². The number of halogens is 1. The number of amides is 1. The Balaban J connectivity index is 1.49. The SMILES string of the molecule is COc1cccc2cc(-c3nc4cc5c(cc4n3C)CCN(C[C@H](N)CF)C5=O)n(Cc3ncc(C)o3)c12. The molecule has 4 heterocycles. The van der Waals surface area contributed by atoms with Gasteiger partial charge in [0.25, 0.3) is 5.91 Å². The smallest absolute Gasteiger partial charge is 0.254 e. The van der Waals surface area contributed by atoms with Gasteiger partial charge in [0, 0.05) is 31.1 Å². The van der Waals surface area contributed by atoms with E-state index in [-0.39, 0.29) is 12.5 Å². The molecule has 5 aromatic rings. The molecule has 9 nitrogen and oxygen atoms in total. The van der Waals surface area contributed by atoms with Crippen LogP contribution >= 0.6 is 0 Å². The highest BCUT2D eigenvalue weighted by atomic mass is 19.1. The minimum Gasteiger partial charge on any atom is -0.495 e. The van der Waals surface area contributed by atoms with Gasteiger partial charge in [0.15, 0.2) is 5.82 Å². The lowest BCUT2D eigenvalue weighted by Crippen LogP contribution is -2.45. The van der Waals surface area contributed by atoms with Crippen molar-refractivity contribution in [1.29, 1.82) is 0 Å². The number of fused-ring (bicyclic) bond motifs is 3. The monoisotopic (exact) mass is 516 g/mol. The number of alkyl halides is 1.